The molecule has 2 atom stereocenters. The number of hydrogen-bond acceptors (Lipinski definition) is 4. The van der Waals surface area contributed by atoms with E-state index in [4.69, 9.17) is 11.6 Å². The number of rotatable bonds is 6. The minimum atomic E-state index is -3.70. The number of hydrogen-bond donors (Lipinski definition) is 2. The summed E-state index contributed by atoms with van der Waals surface area (Å²) in [6.07, 6.45) is 0.991. The molecular weight excluding hydrogens is 450 g/mol. The fraction of sp³-hybridized carbons (Fsp3) is 0.391. The molecule has 2 N–H and O–H groups in total. The van der Waals surface area contributed by atoms with Crippen LogP contribution in [0.3, 0.4) is 0 Å². The molecule has 0 radical (unpaired) electrons. The second-order valence-corrected chi connectivity index (χ2v) is 10.8. The Morgan fingerprint density at radius 3 is 2.44 bits per heavy atom. The summed E-state index contributed by atoms with van der Waals surface area (Å²) in [6, 6.07) is 11.1. The number of sulfonamides is 1. The van der Waals surface area contributed by atoms with Crippen LogP contribution in [0.2, 0.25) is 5.02 Å². The Morgan fingerprint density at radius 2 is 1.75 bits per heavy atom. The zero-order valence-corrected chi connectivity index (χ0v) is 20.0. The first-order valence-electron chi connectivity index (χ1n) is 10.5. The number of halogens is 1. The van der Waals surface area contributed by atoms with E-state index >= 15 is 0 Å². The topological polar surface area (TPSA) is 95.6 Å². The third kappa shape index (κ3) is 5.68. The van der Waals surface area contributed by atoms with Gasteiger partial charge in [0.2, 0.25) is 15.9 Å². The van der Waals surface area contributed by atoms with Crippen molar-refractivity contribution in [3.05, 3.63) is 58.6 Å². The van der Waals surface area contributed by atoms with Crippen molar-refractivity contribution in [2.45, 2.75) is 32.1 Å². The van der Waals surface area contributed by atoms with Crippen molar-refractivity contribution in [1.29, 1.82) is 0 Å². The summed E-state index contributed by atoms with van der Waals surface area (Å²) >= 11 is 6.05. The number of anilines is 1. The Kier molecular flexibility index (Phi) is 7.59. The van der Waals surface area contributed by atoms with E-state index in [2.05, 4.69) is 10.6 Å². The lowest BCUT2D eigenvalue weighted by Gasteiger charge is -2.34. The van der Waals surface area contributed by atoms with Crippen molar-refractivity contribution >= 4 is 39.1 Å². The molecule has 2 aromatic carbocycles. The highest BCUT2D eigenvalue weighted by molar-refractivity contribution is 7.89. The van der Waals surface area contributed by atoms with Crippen LogP contribution in [0.25, 0.3) is 0 Å². The lowest BCUT2D eigenvalue weighted by Crippen LogP contribution is -2.42. The predicted molar refractivity (Wildman–Crippen MR) is 125 cm³/mol. The SMILES string of the molecule is Cc1c(Cl)cccc1NC(=O)CNC(=O)c1cccc(S(=O)(=O)N2C[C@H](C)C[C@@H](C)C2)c1. The molecule has 0 aliphatic carbocycles. The van der Waals surface area contributed by atoms with Gasteiger partial charge in [0.15, 0.2) is 0 Å². The quantitative estimate of drug-likeness (QED) is 0.663. The van der Waals surface area contributed by atoms with E-state index in [9.17, 15) is 18.0 Å². The van der Waals surface area contributed by atoms with Crippen molar-refractivity contribution in [2.75, 3.05) is 25.0 Å². The second-order valence-electron chi connectivity index (χ2n) is 8.44. The molecule has 1 aliphatic heterocycles. The van der Waals surface area contributed by atoms with Crippen molar-refractivity contribution in [1.82, 2.24) is 9.62 Å². The summed E-state index contributed by atoms with van der Waals surface area (Å²) in [5.41, 5.74) is 1.47. The maximum absolute atomic E-state index is 13.1. The smallest absolute Gasteiger partial charge is 0.251 e. The zero-order chi connectivity index (χ0) is 23.5. The first-order valence-corrected chi connectivity index (χ1v) is 12.3. The second kappa shape index (κ2) is 10.0. The summed E-state index contributed by atoms with van der Waals surface area (Å²) < 4.78 is 27.7. The molecule has 3 rings (SSSR count). The lowest BCUT2D eigenvalue weighted by molar-refractivity contribution is -0.115. The number of nitrogens with zero attached hydrogens (tertiary/aromatic N) is 1. The molecule has 7 nitrogen and oxygen atoms in total. The van der Waals surface area contributed by atoms with Crippen LogP contribution in [0.15, 0.2) is 47.4 Å². The first-order chi connectivity index (χ1) is 15.1. The van der Waals surface area contributed by atoms with Crippen LogP contribution in [0.5, 0.6) is 0 Å². The number of benzene rings is 2. The average Bonchev–Trinajstić information content (AvgIpc) is 2.74. The monoisotopic (exact) mass is 477 g/mol. The van der Waals surface area contributed by atoms with Crippen molar-refractivity contribution in [2.24, 2.45) is 11.8 Å². The summed E-state index contributed by atoms with van der Waals surface area (Å²) in [5, 5.41) is 5.77. The Bertz CT molecular complexity index is 1110. The van der Waals surface area contributed by atoms with Gasteiger partial charge in [-0.3, -0.25) is 9.59 Å². The van der Waals surface area contributed by atoms with Crippen LogP contribution in [-0.4, -0.2) is 44.2 Å². The van der Waals surface area contributed by atoms with Crippen LogP contribution < -0.4 is 10.6 Å². The Hall–Kier alpha value is -2.42. The molecule has 1 saturated heterocycles. The van der Waals surface area contributed by atoms with Gasteiger partial charge in [-0.05, 0) is 61.1 Å². The van der Waals surface area contributed by atoms with Crippen LogP contribution in [0.4, 0.5) is 5.69 Å². The maximum Gasteiger partial charge on any atom is 0.251 e. The van der Waals surface area contributed by atoms with Gasteiger partial charge in [0, 0.05) is 29.4 Å². The molecular formula is C23H28ClN3O4S. The van der Waals surface area contributed by atoms with Gasteiger partial charge >= 0.3 is 0 Å². The van der Waals surface area contributed by atoms with Gasteiger partial charge in [-0.2, -0.15) is 4.31 Å². The number of amides is 2. The van der Waals surface area contributed by atoms with Crippen molar-refractivity contribution in [3.8, 4) is 0 Å². The fourth-order valence-corrected chi connectivity index (χ4v) is 5.85. The van der Waals surface area contributed by atoms with Gasteiger partial charge in [0.05, 0.1) is 11.4 Å². The van der Waals surface area contributed by atoms with Crippen LogP contribution in [0.1, 0.15) is 36.2 Å². The normalized spacial score (nSPS) is 19.4. The molecule has 1 heterocycles. The standard InChI is InChI=1S/C23H28ClN3O4S/c1-15-10-16(2)14-27(13-15)32(30,31)19-7-4-6-18(11-19)23(29)25-12-22(28)26-21-9-5-8-20(24)17(21)3/h4-9,11,15-16H,10,12-14H2,1-3H3,(H,25,29)(H,26,28)/t15-,16-/m1/s1. The Morgan fingerprint density at radius 1 is 1.09 bits per heavy atom. The molecule has 0 unspecified atom stereocenters. The molecule has 0 spiro atoms. The van der Waals surface area contributed by atoms with Gasteiger partial charge in [0.1, 0.15) is 0 Å². The summed E-state index contributed by atoms with van der Waals surface area (Å²) in [7, 11) is -3.70. The third-order valence-electron chi connectivity index (χ3n) is 5.52. The van der Waals surface area contributed by atoms with E-state index in [1.165, 1.54) is 28.6 Å². The first kappa shape index (κ1) is 24.2. The van der Waals surface area contributed by atoms with Gasteiger partial charge in [0.25, 0.3) is 5.91 Å². The summed E-state index contributed by atoms with van der Waals surface area (Å²) in [6.45, 7) is 6.53. The molecule has 0 aromatic heterocycles. The molecule has 2 amide bonds. The molecule has 2 aromatic rings. The van der Waals surface area contributed by atoms with E-state index in [1.807, 2.05) is 13.8 Å². The van der Waals surface area contributed by atoms with Crippen LogP contribution in [0, 0.1) is 18.8 Å². The van der Waals surface area contributed by atoms with E-state index < -0.39 is 21.8 Å². The van der Waals surface area contributed by atoms with Crippen LogP contribution in [-0.2, 0) is 14.8 Å². The largest absolute Gasteiger partial charge is 0.343 e. The van der Waals surface area contributed by atoms with Gasteiger partial charge in [-0.1, -0.05) is 37.6 Å². The number of carbonyl (C=O) groups is 2. The van der Waals surface area contributed by atoms with Gasteiger partial charge in [-0.15, -0.1) is 0 Å². The maximum atomic E-state index is 13.1. The Labute approximate surface area is 194 Å². The predicted octanol–water partition coefficient (Wildman–Crippen LogP) is 3.68. The van der Waals surface area contributed by atoms with E-state index in [1.54, 1.807) is 25.1 Å². The lowest BCUT2D eigenvalue weighted by atomic mass is 9.94. The minimum absolute atomic E-state index is 0.0745. The van der Waals surface area contributed by atoms with Crippen molar-refractivity contribution < 1.29 is 18.0 Å². The molecule has 0 saturated carbocycles. The molecule has 1 aliphatic rings. The third-order valence-corrected chi connectivity index (χ3v) is 7.76. The molecule has 172 valence electrons. The summed E-state index contributed by atoms with van der Waals surface area (Å²) in [4.78, 5) is 24.9. The molecule has 1 fully saturated rings. The zero-order valence-electron chi connectivity index (χ0n) is 18.4. The highest BCUT2D eigenvalue weighted by Gasteiger charge is 2.32. The van der Waals surface area contributed by atoms with Crippen molar-refractivity contribution in [3.63, 3.8) is 0 Å². The highest BCUT2D eigenvalue weighted by Crippen LogP contribution is 2.27. The number of piperidine rings is 1. The average molecular weight is 478 g/mol. The fourth-order valence-electron chi connectivity index (χ4n) is 3.95. The molecule has 0 bridgehead atoms. The van der Waals surface area contributed by atoms with Gasteiger partial charge < -0.3 is 10.6 Å². The summed E-state index contributed by atoms with van der Waals surface area (Å²) in [5.74, 6) is -0.382. The van der Waals surface area contributed by atoms with Crippen LogP contribution >= 0.6 is 11.6 Å². The van der Waals surface area contributed by atoms with E-state index in [-0.39, 0.29) is 28.8 Å². The van der Waals surface area contributed by atoms with Gasteiger partial charge in [-0.25, -0.2) is 8.42 Å². The Balaban J connectivity index is 1.66. The van der Waals surface area contributed by atoms with E-state index in [0.29, 0.717) is 23.8 Å². The van der Waals surface area contributed by atoms with E-state index in [0.717, 1.165) is 12.0 Å². The molecule has 32 heavy (non-hydrogen) atoms. The minimum Gasteiger partial charge on any atom is -0.343 e. The number of nitrogens with one attached hydrogen (secondary N) is 2. The highest BCUT2D eigenvalue weighted by atomic mass is 35.5. The molecule has 9 heteroatoms. The number of carbonyl (C=O) groups excluding carboxylic acids is 2.